The van der Waals surface area contributed by atoms with E-state index in [0.717, 1.165) is 54.1 Å². The van der Waals surface area contributed by atoms with Crippen molar-refractivity contribution in [2.24, 2.45) is 16.5 Å². The van der Waals surface area contributed by atoms with E-state index in [1.807, 2.05) is 29.3 Å². The lowest BCUT2D eigenvalue weighted by molar-refractivity contribution is 0.295. The van der Waals surface area contributed by atoms with Crippen molar-refractivity contribution in [1.29, 1.82) is 0 Å². The number of unbranched alkanes of at least 4 members (excludes halogenated alkanes) is 2. The number of hydrogen-bond donors (Lipinski definition) is 3. The molecule has 3 aromatic rings. The Labute approximate surface area is 194 Å². The SMILES string of the molecule is CCCCCN1C(N)=Nc2ccn(Cc3cc(C(C)(C)c4nn[nH]n4)ccc3OC)c2C1N. The minimum Gasteiger partial charge on any atom is -0.496 e. The largest absolute Gasteiger partial charge is 0.496 e. The maximum atomic E-state index is 6.68. The van der Waals surface area contributed by atoms with Crippen LogP contribution in [-0.4, -0.2) is 49.7 Å². The summed E-state index contributed by atoms with van der Waals surface area (Å²) in [7, 11) is 1.68. The number of H-pyrrole nitrogens is 1. The molecule has 1 unspecified atom stereocenters. The van der Waals surface area contributed by atoms with Crippen molar-refractivity contribution in [1.82, 2.24) is 30.1 Å². The number of guanidine groups is 1. The van der Waals surface area contributed by atoms with Gasteiger partial charge in [0.05, 0.1) is 30.5 Å². The van der Waals surface area contributed by atoms with Gasteiger partial charge in [-0.15, -0.1) is 10.2 Å². The standard InChI is InChI=1S/C23H33N9O/c1-5-6-7-11-32-20(24)19-17(26-22(32)25)10-12-31(19)14-15-13-16(8-9-18(15)33-4)23(2,3)21-27-29-30-28-21/h8-10,12-13,20H,5-7,11,14,24H2,1-4H3,(H2,25,26)(H,27,28,29,30). The summed E-state index contributed by atoms with van der Waals surface area (Å²) in [5.74, 6) is 1.91. The minimum atomic E-state index is -0.421. The zero-order chi connectivity index (χ0) is 23.6. The highest BCUT2D eigenvalue weighted by atomic mass is 16.5. The quantitative estimate of drug-likeness (QED) is 0.426. The van der Waals surface area contributed by atoms with Crippen molar-refractivity contribution in [3.05, 3.63) is 53.1 Å². The van der Waals surface area contributed by atoms with Gasteiger partial charge in [0.2, 0.25) is 0 Å². The van der Waals surface area contributed by atoms with E-state index < -0.39 is 5.41 Å². The number of nitrogens with two attached hydrogens (primary N) is 2. The van der Waals surface area contributed by atoms with Crippen molar-refractivity contribution >= 4 is 11.6 Å². The molecule has 1 atom stereocenters. The van der Waals surface area contributed by atoms with E-state index >= 15 is 0 Å². The third kappa shape index (κ3) is 4.30. The number of hydrogen-bond acceptors (Lipinski definition) is 8. The Morgan fingerprint density at radius 1 is 1.21 bits per heavy atom. The van der Waals surface area contributed by atoms with Gasteiger partial charge in [-0.3, -0.25) is 0 Å². The number of aromatic nitrogens is 5. The van der Waals surface area contributed by atoms with Gasteiger partial charge in [-0.25, -0.2) is 4.99 Å². The molecule has 0 spiro atoms. The number of tetrazole rings is 1. The van der Waals surface area contributed by atoms with E-state index in [-0.39, 0.29) is 6.17 Å². The maximum Gasteiger partial charge on any atom is 0.198 e. The second-order valence-corrected chi connectivity index (χ2v) is 8.92. The van der Waals surface area contributed by atoms with Gasteiger partial charge in [0.15, 0.2) is 11.8 Å². The van der Waals surface area contributed by atoms with Crippen LogP contribution in [0.2, 0.25) is 0 Å². The van der Waals surface area contributed by atoms with Crippen LogP contribution >= 0.6 is 0 Å². The lowest BCUT2D eigenvalue weighted by Gasteiger charge is -2.34. The molecule has 10 nitrogen and oxygen atoms in total. The Morgan fingerprint density at radius 2 is 2.03 bits per heavy atom. The lowest BCUT2D eigenvalue weighted by atomic mass is 9.83. The first-order valence-corrected chi connectivity index (χ1v) is 11.3. The fourth-order valence-electron chi connectivity index (χ4n) is 4.32. The molecule has 3 heterocycles. The number of aromatic amines is 1. The molecule has 0 aliphatic carbocycles. The number of ether oxygens (including phenoxy) is 1. The van der Waals surface area contributed by atoms with Gasteiger partial charge in [0.25, 0.3) is 0 Å². The molecule has 0 fully saturated rings. The van der Waals surface area contributed by atoms with Crippen LogP contribution in [0.3, 0.4) is 0 Å². The van der Waals surface area contributed by atoms with Gasteiger partial charge < -0.3 is 25.7 Å². The molecule has 1 aliphatic heterocycles. The van der Waals surface area contributed by atoms with Crippen molar-refractivity contribution in [2.75, 3.05) is 13.7 Å². The zero-order valence-electron chi connectivity index (χ0n) is 19.7. The highest BCUT2D eigenvalue weighted by Gasteiger charge is 2.30. The Morgan fingerprint density at radius 3 is 2.73 bits per heavy atom. The van der Waals surface area contributed by atoms with Gasteiger partial charge in [-0.05, 0) is 44.0 Å². The Hall–Kier alpha value is -3.40. The van der Waals surface area contributed by atoms with Gasteiger partial charge in [-0.1, -0.05) is 31.0 Å². The normalized spacial score (nSPS) is 16.0. The van der Waals surface area contributed by atoms with Crippen molar-refractivity contribution in [2.45, 2.75) is 58.2 Å². The van der Waals surface area contributed by atoms with E-state index in [1.165, 1.54) is 0 Å². The van der Waals surface area contributed by atoms with Crippen molar-refractivity contribution < 1.29 is 4.74 Å². The summed E-state index contributed by atoms with van der Waals surface area (Å²) in [5, 5.41) is 14.7. The molecule has 4 rings (SSSR count). The summed E-state index contributed by atoms with van der Waals surface area (Å²) in [4.78, 5) is 6.60. The number of fused-ring (bicyclic) bond motifs is 1. The molecule has 1 aromatic carbocycles. The summed E-state index contributed by atoms with van der Waals surface area (Å²) in [6.45, 7) is 7.69. The third-order valence-corrected chi connectivity index (χ3v) is 6.38. The van der Waals surface area contributed by atoms with E-state index in [2.05, 4.69) is 57.0 Å². The smallest absolute Gasteiger partial charge is 0.198 e. The number of rotatable bonds is 9. The van der Waals surface area contributed by atoms with Gasteiger partial charge in [0, 0.05) is 18.3 Å². The van der Waals surface area contributed by atoms with Crippen LogP contribution in [-0.2, 0) is 12.0 Å². The molecular weight excluding hydrogens is 418 g/mol. The molecule has 0 saturated heterocycles. The topological polar surface area (TPSA) is 136 Å². The number of nitrogens with one attached hydrogen (secondary N) is 1. The molecule has 1 aliphatic rings. The highest BCUT2D eigenvalue weighted by Crippen LogP contribution is 2.35. The van der Waals surface area contributed by atoms with E-state index in [1.54, 1.807) is 7.11 Å². The van der Waals surface area contributed by atoms with Crippen LogP contribution in [0.25, 0.3) is 0 Å². The van der Waals surface area contributed by atoms with Gasteiger partial charge in [-0.2, -0.15) is 5.21 Å². The van der Waals surface area contributed by atoms with Gasteiger partial charge >= 0.3 is 0 Å². The second-order valence-electron chi connectivity index (χ2n) is 8.92. The molecule has 0 bridgehead atoms. The summed E-state index contributed by atoms with van der Waals surface area (Å²) in [5.41, 5.74) is 16.3. The summed E-state index contributed by atoms with van der Waals surface area (Å²) < 4.78 is 7.81. The zero-order valence-corrected chi connectivity index (χ0v) is 19.7. The lowest BCUT2D eigenvalue weighted by Crippen LogP contribution is -2.46. The number of benzene rings is 1. The van der Waals surface area contributed by atoms with E-state index in [0.29, 0.717) is 18.3 Å². The van der Waals surface area contributed by atoms with Crippen LogP contribution < -0.4 is 16.2 Å². The third-order valence-electron chi connectivity index (χ3n) is 6.38. The second kappa shape index (κ2) is 9.22. The molecule has 33 heavy (non-hydrogen) atoms. The summed E-state index contributed by atoms with van der Waals surface area (Å²) in [6, 6.07) is 8.11. The Kier molecular flexibility index (Phi) is 6.37. The Balaban J connectivity index is 1.66. The fraction of sp³-hybridized carbons (Fsp3) is 0.478. The molecule has 5 N–H and O–H groups in total. The molecule has 0 radical (unpaired) electrons. The molecule has 176 valence electrons. The molecular formula is C23H33N9O. The van der Waals surface area contributed by atoms with E-state index in [9.17, 15) is 0 Å². The first-order chi connectivity index (χ1) is 15.9. The fourth-order valence-corrected chi connectivity index (χ4v) is 4.32. The average molecular weight is 452 g/mol. The number of nitrogens with zero attached hydrogens (tertiary/aromatic N) is 6. The summed E-state index contributed by atoms with van der Waals surface area (Å²) in [6.07, 6.45) is 4.95. The van der Waals surface area contributed by atoms with Crippen LogP contribution in [0.4, 0.5) is 5.69 Å². The highest BCUT2D eigenvalue weighted by molar-refractivity contribution is 5.84. The first kappa shape index (κ1) is 22.8. The van der Waals surface area contributed by atoms with Crippen LogP contribution in [0.1, 0.15) is 68.8 Å². The monoisotopic (exact) mass is 451 g/mol. The first-order valence-electron chi connectivity index (χ1n) is 11.3. The molecule has 0 amide bonds. The van der Waals surface area contributed by atoms with Crippen molar-refractivity contribution in [3.63, 3.8) is 0 Å². The summed E-state index contributed by atoms with van der Waals surface area (Å²) >= 11 is 0. The Bertz CT molecular complexity index is 1120. The average Bonchev–Trinajstić information content (AvgIpc) is 3.47. The molecule has 0 saturated carbocycles. The number of aliphatic imine (C=N–C) groups is 1. The molecule has 10 heteroatoms. The van der Waals surface area contributed by atoms with E-state index in [4.69, 9.17) is 16.2 Å². The maximum absolute atomic E-state index is 6.68. The number of methoxy groups -OCH3 is 1. The van der Waals surface area contributed by atoms with Crippen molar-refractivity contribution in [3.8, 4) is 5.75 Å². The predicted octanol–water partition coefficient (Wildman–Crippen LogP) is 2.79. The minimum absolute atomic E-state index is 0.352. The van der Waals surface area contributed by atoms with Crippen LogP contribution in [0.5, 0.6) is 5.75 Å². The molecule has 2 aromatic heterocycles. The predicted molar refractivity (Wildman–Crippen MR) is 127 cm³/mol. The van der Waals surface area contributed by atoms with Crippen LogP contribution in [0, 0.1) is 0 Å². The van der Waals surface area contributed by atoms with Crippen LogP contribution in [0.15, 0.2) is 35.5 Å². The van der Waals surface area contributed by atoms with Gasteiger partial charge in [0.1, 0.15) is 11.9 Å².